The van der Waals surface area contributed by atoms with Crippen molar-refractivity contribution in [3.8, 4) is 5.75 Å². The van der Waals surface area contributed by atoms with Crippen molar-refractivity contribution in [3.05, 3.63) is 30.1 Å². The molecule has 0 bridgehead atoms. The van der Waals surface area contributed by atoms with E-state index in [9.17, 15) is 4.39 Å². The van der Waals surface area contributed by atoms with Crippen molar-refractivity contribution in [1.29, 1.82) is 0 Å². The first-order valence-electron chi connectivity index (χ1n) is 9.22. The van der Waals surface area contributed by atoms with Crippen molar-refractivity contribution in [2.45, 2.75) is 31.9 Å². The van der Waals surface area contributed by atoms with Gasteiger partial charge >= 0.3 is 0 Å². The summed E-state index contributed by atoms with van der Waals surface area (Å²) in [7, 11) is 3.50. The van der Waals surface area contributed by atoms with Gasteiger partial charge < -0.3 is 20.1 Å². The summed E-state index contributed by atoms with van der Waals surface area (Å²) < 4.78 is 23.9. The van der Waals surface area contributed by atoms with Crippen LogP contribution in [0.4, 0.5) is 4.39 Å². The number of likely N-dealkylation sites (tertiary alicyclic amines) is 1. The second-order valence-corrected chi connectivity index (χ2v) is 6.54. The Morgan fingerprint density at radius 3 is 2.74 bits per heavy atom. The number of halogens is 2. The van der Waals surface area contributed by atoms with Crippen molar-refractivity contribution in [1.82, 2.24) is 15.5 Å². The molecule has 27 heavy (non-hydrogen) atoms. The van der Waals surface area contributed by atoms with Crippen LogP contribution in [0.2, 0.25) is 0 Å². The van der Waals surface area contributed by atoms with E-state index in [1.807, 2.05) is 6.92 Å². The molecule has 0 amide bonds. The number of methoxy groups -OCH3 is 1. The standard InChI is InChI=1S/C19H31FN4O2.HI/c1-15(26-18-8-6-16(20)7-9-18)13-22-19(21-2)23-14-17-5-4-10-24(17)11-12-25-3;/h6-9,15,17H,4-5,10-14H2,1-3H3,(H2,21,22,23);1H. The predicted molar refractivity (Wildman–Crippen MR) is 118 cm³/mol. The lowest BCUT2D eigenvalue weighted by molar-refractivity contribution is 0.141. The van der Waals surface area contributed by atoms with Crippen LogP contribution < -0.4 is 15.4 Å². The van der Waals surface area contributed by atoms with Gasteiger partial charge in [-0.25, -0.2) is 4.39 Å². The van der Waals surface area contributed by atoms with Gasteiger partial charge in [0.1, 0.15) is 17.7 Å². The molecule has 2 N–H and O–H groups in total. The Morgan fingerprint density at radius 1 is 1.33 bits per heavy atom. The van der Waals surface area contributed by atoms with Gasteiger partial charge in [-0.1, -0.05) is 0 Å². The zero-order valence-corrected chi connectivity index (χ0v) is 18.7. The van der Waals surface area contributed by atoms with Crippen LogP contribution in [-0.4, -0.2) is 69.9 Å². The van der Waals surface area contributed by atoms with Gasteiger partial charge in [0.25, 0.3) is 0 Å². The van der Waals surface area contributed by atoms with Crippen LogP contribution >= 0.6 is 24.0 Å². The molecular weight excluding hydrogens is 462 g/mol. The fraction of sp³-hybridized carbons (Fsp3) is 0.632. The molecule has 8 heteroatoms. The average Bonchev–Trinajstić information content (AvgIpc) is 3.09. The van der Waals surface area contributed by atoms with E-state index in [0.717, 1.165) is 32.2 Å². The molecule has 1 fully saturated rings. The van der Waals surface area contributed by atoms with E-state index in [1.54, 1.807) is 26.3 Å². The van der Waals surface area contributed by atoms with Crippen molar-refractivity contribution >= 4 is 29.9 Å². The number of ether oxygens (including phenoxy) is 2. The Bertz CT molecular complexity index is 559. The van der Waals surface area contributed by atoms with Crippen LogP contribution in [0.1, 0.15) is 19.8 Å². The van der Waals surface area contributed by atoms with Crippen molar-refractivity contribution in [3.63, 3.8) is 0 Å². The predicted octanol–water partition coefficient (Wildman–Crippen LogP) is 2.49. The van der Waals surface area contributed by atoms with Gasteiger partial charge in [-0.05, 0) is 50.6 Å². The molecule has 2 atom stereocenters. The van der Waals surface area contributed by atoms with E-state index in [4.69, 9.17) is 9.47 Å². The SMILES string of the molecule is CN=C(NCC(C)Oc1ccc(F)cc1)NCC1CCCN1CCOC.I. The van der Waals surface area contributed by atoms with E-state index >= 15 is 0 Å². The maximum absolute atomic E-state index is 12.9. The van der Waals surface area contributed by atoms with Crippen molar-refractivity contribution in [2.24, 2.45) is 4.99 Å². The molecule has 1 heterocycles. The highest BCUT2D eigenvalue weighted by Gasteiger charge is 2.24. The zero-order valence-electron chi connectivity index (χ0n) is 16.4. The largest absolute Gasteiger partial charge is 0.489 e. The van der Waals surface area contributed by atoms with Crippen LogP contribution in [0.15, 0.2) is 29.3 Å². The van der Waals surface area contributed by atoms with Gasteiger partial charge in [-0.2, -0.15) is 0 Å². The normalized spacial score (nSPS) is 18.7. The molecule has 1 aromatic carbocycles. The molecule has 2 rings (SSSR count). The van der Waals surface area contributed by atoms with Gasteiger partial charge in [-0.3, -0.25) is 9.89 Å². The molecule has 0 spiro atoms. The second-order valence-electron chi connectivity index (χ2n) is 6.54. The lowest BCUT2D eigenvalue weighted by Crippen LogP contribution is -2.47. The topological polar surface area (TPSA) is 58.1 Å². The van der Waals surface area contributed by atoms with E-state index in [2.05, 4.69) is 20.5 Å². The average molecular weight is 494 g/mol. The fourth-order valence-corrected chi connectivity index (χ4v) is 3.09. The third-order valence-electron chi connectivity index (χ3n) is 4.52. The van der Waals surface area contributed by atoms with Gasteiger partial charge in [0, 0.05) is 33.3 Å². The van der Waals surface area contributed by atoms with Gasteiger partial charge in [0.2, 0.25) is 0 Å². The Hall–Kier alpha value is -1.13. The minimum absolute atomic E-state index is 0. The minimum Gasteiger partial charge on any atom is -0.489 e. The number of nitrogens with zero attached hydrogens (tertiary/aromatic N) is 2. The maximum Gasteiger partial charge on any atom is 0.191 e. The molecule has 0 radical (unpaired) electrons. The number of guanidine groups is 1. The van der Waals surface area contributed by atoms with Gasteiger partial charge in [0.05, 0.1) is 13.2 Å². The summed E-state index contributed by atoms with van der Waals surface area (Å²) in [6, 6.07) is 6.57. The molecule has 0 saturated carbocycles. The first-order valence-corrected chi connectivity index (χ1v) is 9.22. The van der Waals surface area contributed by atoms with E-state index in [0.29, 0.717) is 18.3 Å². The molecule has 1 aliphatic heterocycles. The monoisotopic (exact) mass is 494 g/mol. The summed E-state index contributed by atoms with van der Waals surface area (Å²) in [6.07, 6.45) is 2.35. The lowest BCUT2D eigenvalue weighted by atomic mass is 10.2. The van der Waals surface area contributed by atoms with Crippen LogP contribution in [0, 0.1) is 5.82 Å². The smallest absolute Gasteiger partial charge is 0.191 e. The third-order valence-corrected chi connectivity index (χ3v) is 4.52. The summed E-state index contributed by atoms with van der Waals surface area (Å²) in [5, 5.41) is 6.68. The molecule has 1 saturated heterocycles. The zero-order chi connectivity index (χ0) is 18.8. The molecule has 154 valence electrons. The number of hydrogen-bond donors (Lipinski definition) is 2. The highest BCUT2D eigenvalue weighted by atomic mass is 127. The number of nitrogens with one attached hydrogen (secondary N) is 2. The third kappa shape index (κ3) is 8.61. The lowest BCUT2D eigenvalue weighted by Gasteiger charge is -2.25. The number of aliphatic imine (C=N–C) groups is 1. The Labute approximate surface area is 178 Å². The van der Waals surface area contributed by atoms with Gasteiger partial charge in [0.15, 0.2) is 5.96 Å². The van der Waals surface area contributed by atoms with Crippen LogP contribution in [0.25, 0.3) is 0 Å². The summed E-state index contributed by atoms with van der Waals surface area (Å²) in [5.74, 6) is 1.15. The molecule has 0 aliphatic carbocycles. The summed E-state index contributed by atoms with van der Waals surface area (Å²) in [6.45, 7) is 6.29. The Kier molecular flexibility index (Phi) is 11.6. The molecule has 0 aromatic heterocycles. The minimum atomic E-state index is -0.265. The van der Waals surface area contributed by atoms with Crippen LogP contribution in [-0.2, 0) is 4.74 Å². The first-order chi connectivity index (χ1) is 12.6. The fourth-order valence-electron chi connectivity index (χ4n) is 3.09. The molecule has 1 aliphatic rings. The van der Waals surface area contributed by atoms with E-state index in [-0.39, 0.29) is 35.9 Å². The van der Waals surface area contributed by atoms with Crippen molar-refractivity contribution in [2.75, 3.05) is 46.9 Å². The Balaban J connectivity index is 0.00000364. The highest BCUT2D eigenvalue weighted by molar-refractivity contribution is 14.0. The summed E-state index contributed by atoms with van der Waals surface area (Å²) >= 11 is 0. The first kappa shape index (κ1) is 23.9. The van der Waals surface area contributed by atoms with Gasteiger partial charge in [-0.15, -0.1) is 24.0 Å². The molecule has 2 unspecified atom stereocenters. The number of hydrogen-bond acceptors (Lipinski definition) is 4. The van der Waals surface area contributed by atoms with Crippen molar-refractivity contribution < 1.29 is 13.9 Å². The maximum atomic E-state index is 12.9. The number of rotatable bonds is 9. The van der Waals surface area contributed by atoms with Crippen LogP contribution in [0.5, 0.6) is 5.75 Å². The molecular formula is C19H32FIN4O2. The quantitative estimate of drug-likeness (QED) is 0.314. The molecule has 6 nitrogen and oxygen atoms in total. The summed E-state index contributed by atoms with van der Waals surface area (Å²) in [4.78, 5) is 6.74. The number of benzene rings is 1. The van der Waals surface area contributed by atoms with E-state index in [1.165, 1.54) is 25.0 Å². The Morgan fingerprint density at radius 2 is 2.07 bits per heavy atom. The van der Waals surface area contributed by atoms with E-state index < -0.39 is 0 Å². The highest BCUT2D eigenvalue weighted by Crippen LogP contribution is 2.16. The second kappa shape index (κ2) is 13.1. The van der Waals surface area contributed by atoms with Crippen LogP contribution in [0.3, 0.4) is 0 Å². The summed E-state index contributed by atoms with van der Waals surface area (Å²) in [5.41, 5.74) is 0. The molecule has 1 aromatic rings.